The van der Waals surface area contributed by atoms with Crippen LogP contribution in [0.5, 0.6) is 0 Å². The second-order valence-corrected chi connectivity index (χ2v) is 7.79. The molecule has 1 rings (SSSR count). The fourth-order valence-corrected chi connectivity index (χ4v) is 2.66. The highest BCUT2D eigenvalue weighted by atomic mass is 79.9. The maximum Gasteiger partial charge on any atom is 0.299 e. The molecule has 0 saturated carbocycles. The molecule has 0 aliphatic carbocycles. The molecule has 0 aliphatic rings. The van der Waals surface area contributed by atoms with Crippen molar-refractivity contribution in [2.24, 2.45) is 5.73 Å². The van der Waals surface area contributed by atoms with Gasteiger partial charge in [0.15, 0.2) is 0 Å². The second kappa shape index (κ2) is 8.86. The summed E-state index contributed by atoms with van der Waals surface area (Å²) in [6, 6.07) is 1.91. The lowest BCUT2D eigenvalue weighted by atomic mass is 10.0. The number of carbonyl (C=O) groups is 1. The molecule has 0 heterocycles. The molecule has 0 radical (unpaired) electrons. The van der Waals surface area contributed by atoms with Gasteiger partial charge in [-0.25, -0.2) is 0 Å². The normalized spacial score (nSPS) is 12.4. The molecule has 0 aromatic heterocycles. The number of nitrogens with one attached hydrogen (secondary N) is 1. The first-order valence-corrected chi connectivity index (χ1v) is 9.63. The number of anilines is 1. The summed E-state index contributed by atoms with van der Waals surface area (Å²) in [7, 11) is -3.68. The number of carbonyl (C=O) groups excluding carboxylic acids is 1. The van der Waals surface area contributed by atoms with Crippen molar-refractivity contribution in [2.75, 3.05) is 24.7 Å². The van der Waals surface area contributed by atoms with Gasteiger partial charge in [0.2, 0.25) is 5.91 Å². The first-order valence-electron chi connectivity index (χ1n) is 6.89. The van der Waals surface area contributed by atoms with Gasteiger partial charge in [-0.2, -0.15) is 8.42 Å². The highest BCUT2D eigenvalue weighted by Crippen LogP contribution is 2.34. The maximum atomic E-state index is 11.2. The second-order valence-electron chi connectivity index (χ2n) is 5.04. The standard InChI is InChI=1S/C12H15BrN4O8S/c1-26(23,24)25-3-2-15-9-5-7(4-8(13)12(14)18)10(16(19)20)6-11(9)17(21)22/h5-6,8,15H,2-4H2,1H3,(H2,14,18). The Morgan fingerprint density at radius 2 is 1.88 bits per heavy atom. The van der Waals surface area contributed by atoms with E-state index >= 15 is 0 Å². The largest absolute Gasteiger partial charge is 0.377 e. The van der Waals surface area contributed by atoms with Gasteiger partial charge in [0.25, 0.3) is 21.5 Å². The van der Waals surface area contributed by atoms with Crippen LogP contribution < -0.4 is 11.1 Å². The van der Waals surface area contributed by atoms with Crippen molar-refractivity contribution in [3.63, 3.8) is 0 Å². The molecule has 1 amide bonds. The molecule has 0 saturated heterocycles. The number of amides is 1. The van der Waals surface area contributed by atoms with Crippen LogP contribution in [-0.4, -0.2) is 48.4 Å². The zero-order valence-corrected chi connectivity index (χ0v) is 15.8. The van der Waals surface area contributed by atoms with E-state index in [1.165, 1.54) is 0 Å². The summed E-state index contributed by atoms with van der Waals surface area (Å²) >= 11 is 2.98. The van der Waals surface area contributed by atoms with Crippen LogP contribution in [-0.2, 0) is 25.5 Å². The lowest BCUT2D eigenvalue weighted by Crippen LogP contribution is -2.25. The summed E-state index contributed by atoms with van der Waals surface area (Å²) in [5.74, 6) is -0.756. The third-order valence-electron chi connectivity index (χ3n) is 3.01. The fourth-order valence-electron chi connectivity index (χ4n) is 1.92. The van der Waals surface area contributed by atoms with E-state index in [9.17, 15) is 33.4 Å². The number of nitro benzene ring substituents is 2. The molecule has 0 fully saturated rings. The highest BCUT2D eigenvalue weighted by molar-refractivity contribution is 9.10. The summed E-state index contributed by atoms with van der Waals surface area (Å²) in [4.78, 5) is 31.0. The zero-order chi connectivity index (χ0) is 20.1. The van der Waals surface area contributed by atoms with Crippen molar-refractivity contribution >= 4 is 49.0 Å². The van der Waals surface area contributed by atoms with Crippen LogP contribution in [0, 0.1) is 20.2 Å². The van der Waals surface area contributed by atoms with Gasteiger partial charge in [0, 0.05) is 18.5 Å². The van der Waals surface area contributed by atoms with Crippen molar-refractivity contribution in [1.29, 1.82) is 0 Å². The van der Waals surface area contributed by atoms with Crippen LogP contribution in [0.25, 0.3) is 0 Å². The first-order chi connectivity index (χ1) is 11.9. The fraction of sp³-hybridized carbons (Fsp3) is 0.417. The predicted molar refractivity (Wildman–Crippen MR) is 94.6 cm³/mol. The number of primary amides is 1. The van der Waals surface area contributed by atoms with Crippen molar-refractivity contribution < 1.29 is 27.2 Å². The maximum absolute atomic E-state index is 11.2. The SMILES string of the molecule is CS(=O)(=O)OCCNc1cc(CC(Br)C(N)=O)c([N+](=O)[O-])cc1[N+](=O)[O-]. The Labute approximate surface area is 156 Å². The summed E-state index contributed by atoms with van der Waals surface area (Å²) < 4.78 is 26.3. The molecule has 0 bridgehead atoms. The molecular formula is C12H15BrN4O8S. The third-order valence-corrected chi connectivity index (χ3v) is 4.38. The molecular weight excluding hydrogens is 440 g/mol. The Balaban J connectivity index is 3.19. The smallest absolute Gasteiger partial charge is 0.299 e. The van der Waals surface area contributed by atoms with E-state index in [1.807, 2.05) is 0 Å². The van der Waals surface area contributed by atoms with Crippen LogP contribution in [0.3, 0.4) is 0 Å². The van der Waals surface area contributed by atoms with Crippen LogP contribution in [0.15, 0.2) is 12.1 Å². The van der Waals surface area contributed by atoms with Gasteiger partial charge in [-0.1, -0.05) is 15.9 Å². The molecule has 14 heteroatoms. The number of nitro groups is 2. The van der Waals surface area contributed by atoms with Crippen molar-refractivity contribution in [1.82, 2.24) is 0 Å². The van der Waals surface area contributed by atoms with Crippen LogP contribution in [0.1, 0.15) is 5.56 Å². The lowest BCUT2D eigenvalue weighted by Gasteiger charge is -2.11. The van der Waals surface area contributed by atoms with E-state index in [-0.39, 0.29) is 30.8 Å². The molecule has 1 aromatic carbocycles. The Morgan fingerprint density at radius 3 is 2.35 bits per heavy atom. The van der Waals surface area contributed by atoms with Crippen LogP contribution in [0.4, 0.5) is 17.1 Å². The predicted octanol–water partition coefficient (Wildman–Crippen LogP) is 0.682. The Bertz CT molecular complexity index is 829. The number of rotatable bonds is 10. The summed E-state index contributed by atoms with van der Waals surface area (Å²) in [5, 5.41) is 24.9. The zero-order valence-electron chi connectivity index (χ0n) is 13.4. The minimum atomic E-state index is -3.68. The average molecular weight is 455 g/mol. The third kappa shape index (κ3) is 6.53. The van der Waals surface area contributed by atoms with E-state index < -0.39 is 42.1 Å². The number of benzene rings is 1. The summed E-state index contributed by atoms with van der Waals surface area (Å²) in [5.41, 5.74) is 3.94. The summed E-state index contributed by atoms with van der Waals surface area (Å²) in [6.45, 7) is -0.413. The van der Waals surface area contributed by atoms with Gasteiger partial charge in [0.1, 0.15) is 5.69 Å². The van der Waals surface area contributed by atoms with Gasteiger partial charge < -0.3 is 11.1 Å². The van der Waals surface area contributed by atoms with Gasteiger partial charge in [-0.15, -0.1) is 0 Å². The Hall–Kier alpha value is -2.32. The van der Waals surface area contributed by atoms with E-state index in [4.69, 9.17) is 5.73 Å². The summed E-state index contributed by atoms with van der Waals surface area (Å²) in [6.07, 6.45) is 0.678. The number of halogens is 1. The molecule has 1 aromatic rings. The van der Waals surface area contributed by atoms with Gasteiger partial charge in [-0.3, -0.25) is 29.2 Å². The number of hydrogen-bond acceptors (Lipinski definition) is 9. The van der Waals surface area contributed by atoms with Crippen molar-refractivity contribution in [3.8, 4) is 0 Å². The Kier molecular flexibility index (Phi) is 7.41. The van der Waals surface area contributed by atoms with Gasteiger partial charge >= 0.3 is 0 Å². The van der Waals surface area contributed by atoms with E-state index in [2.05, 4.69) is 25.4 Å². The first kappa shape index (κ1) is 21.7. The number of nitrogens with two attached hydrogens (primary N) is 1. The van der Waals surface area contributed by atoms with Crippen LogP contribution in [0.2, 0.25) is 0 Å². The molecule has 26 heavy (non-hydrogen) atoms. The minimum Gasteiger partial charge on any atom is -0.377 e. The average Bonchev–Trinajstić information content (AvgIpc) is 2.49. The molecule has 12 nitrogen and oxygen atoms in total. The molecule has 3 N–H and O–H groups in total. The highest BCUT2D eigenvalue weighted by Gasteiger charge is 2.26. The molecule has 1 atom stereocenters. The number of hydrogen-bond donors (Lipinski definition) is 2. The topological polar surface area (TPSA) is 185 Å². The lowest BCUT2D eigenvalue weighted by molar-refractivity contribution is -0.394. The van der Waals surface area contributed by atoms with Gasteiger partial charge in [-0.05, 0) is 6.07 Å². The number of nitrogens with zero attached hydrogens (tertiary/aromatic N) is 2. The van der Waals surface area contributed by atoms with Crippen LogP contribution >= 0.6 is 15.9 Å². The molecule has 0 spiro atoms. The van der Waals surface area contributed by atoms with E-state index in [1.54, 1.807) is 0 Å². The number of alkyl halides is 1. The quantitative estimate of drug-likeness (QED) is 0.168. The molecule has 144 valence electrons. The monoisotopic (exact) mass is 454 g/mol. The van der Waals surface area contributed by atoms with Gasteiger partial charge in [0.05, 0.1) is 33.6 Å². The minimum absolute atomic E-state index is 0.0350. The Morgan fingerprint density at radius 1 is 1.31 bits per heavy atom. The molecule has 1 unspecified atom stereocenters. The molecule has 0 aliphatic heterocycles. The van der Waals surface area contributed by atoms with Crippen molar-refractivity contribution in [2.45, 2.75) is 11.2 Å². The van der Waals surface area contributed by atoms with Crippen molar-refractivity contribution in [3.05, 3.63) is 37.9 Å². The van der Waals surface area contributed by atoms with E-state index in [0.717, 1.165) is 18.4 Å². The van der Waals surface area contributed by atoms with E-state index in [0.29, 0.717) is 0 Å².